The number of ether oxygens (including phenoxy) is 2. The Morgan fingerprint density at radius 1 is 0.595 bits per heavy atom. The summed E-state index contributed by atoms with van der Waals surface area (Å²) >= 11 is 0. The Hall–Kier alpha value is -3.92. The molecule has 0 saturated carbocycles. The largest absolute Gasteiger partial charge is 0.504 e. The Morgan fingerprint density at radius 2 is 1.00 bits per heavy atom. The maximum atomic E-state index is 11.2. The van der Waals surface area contributed by atoms with Crippen molar-refractivity contribution >= 4 is 0 Å². The number of aromatic hydroxyl groups is 2. The van der Waals surface area contributed by atoms with Gasteiger partial charge in [-0.1, -0.05) is 60.7 Å². The highest BCUT2D eigenvalue weighted by atomic mass is 16.5. The summed E-state index contributed by atoms with van der Waals surface area (Å²) < 4.78 is 12.2. The molecule has 0 fully saturated rings. The van der Waals surface area contributed by atoms with Crippen LogP contribution in [-0.4, -0.2) is 21.4 Å². The van der Waals surface area contributed by atoms with Gasteiger partial charge in [-0.25, -0.2) is 0 Å². The van der Waals surface area contributed by atoms with Gasteiger partial charge >= 0.3 is 0 Å². The third-order valence-corrected chi connectivity index (χ3v) is 8.10. The molecule has 0 aromatic heterocycles. The molecule has 0 amide bonds. The molecule has 4 aromatic carbocycles. The minimum absolute atomic E-state index is 0.147. The van der Waals surface area contributed by atoms with E-state index in [0.29, 0.717) is 24.3 Å². The summed E-state index contributed by atoms with van der Waals surface area (Å²) in [6.45, 7) is 8.18. The molecule has 0 radical (unpaired) electrons. The first kappa shape index (κ1) is 22.3. The molecular formula is C33H30O4. The van der Waals surface area contributed by atoms with Gasteiger partial charge in [-0.05, 0) is 73.2 Å². The molecule has 7 rings (SSSR count). The van der Waals surface area contributed by atoms with Crippen molar-refractivity contribution in [3.05, 3.63) is 106 Å². The predicted molar refractivity (Wildman–Crippen MR) is 144 cm³/mol. The highest BCUT2D eigenvalue weighted by molar-refractivity contribution is 5.87. The van der Waals surface area contributed by atoms with Crippen LogP contribution < -0.4 is 9.47 Å². The minimum Gasteiger partial charge on any atom is -0.504 e. The van der Waals surface area contributed by atoms with E-state index in [4.69, 9.17) is 9.47 Å². The van der Waals surface area contributed by atoms with E-state index >= 15 is 0 Å². The zero-order chi connectivity index (χ0) is 25.7. The maximum Gasteiger partial charge on any atom is 0.165 e. The summed E-state index contributed by atoms with van der Waals surface area (Å²) in [5, 5.41) is 22.5. The number of phenols is 2. The second-order valence-corrected chi connectivity index (χ2v) is 11.9. The SMILES string of the molecule is CC1(C)Cc2cc(C3(c4cc(O)c5c(c4)CC(C)(C)O5)c4ccccc4-c4ccccc43)cc(O)c2O1. The van der Waals surface area contributed by atoms with Crippen LogP contribution in [0.15, 0.2) is 72.8 Å². The molecule has 1 aliphatic carbocycles. The number of benzene rings is 4. The van der Waals surface area contributed by atoms with Gasteiger partial charge in [0, 0.05) is 24.0 Å². The minimum atomic E-state index is -0.730. The zero-order valence-electron chi connectivity index (χ0n) is 21.6. The van der Waals surface area contributed by atoms with Crippen molar-refractivity contribution in [1.82, 2.24) is 0 Å². The molecule has 3 aliphatic rings. The van der Waals surface area contributed by atoms with Crippen molar-refractivity contribution in [2.45, 2.75) is 57.2 Å². The van der Waals surface area contributed by atoms with Gasteiger partial charge in [0.25, 0.3) is 0 Å². The topological polar surface area (TPSA) is 58.9 Å². The van der Waals surface area contributed by atoms with Crippen molar-refractivity contribution in [1.29, 1.82) is 0 Å². The Bertz CT molecular complexity index is 1490. The highest BCUT2D eigenvalue weighted by Gasteiger charge is 2.48. The molecule has 0 saturated heterocycles. The van der Waals surface area contributed by atoms with Crippen molar-refractivity contribution in [3.8, 4) is 34.1 Å². The number of hydrogen-bond acceptors (Lipinski definition) is 4. The molecule has 4 aromatic rings. The number of rotatable bonds is 2. The number of hydrogen-bond donors (Lipinski definition) is 2. The molecule has 2 heterocycles. The van der Waals surface area contributed by atoms with Crippen molar-refractivity contribution in [3.63, 3.8) is 0 Å². The lowest BCUT2D eigenvalue weighted by molar-refractivity contribution is 0.134. The number of phenolic OH excluding ortho intramolecular Hbond substituents is 2. The standard InChI is InChI=1S/C33H30O4/c1-31(2)17-19-13-21(15-27(34)29(19)36-31)33(22-14-20-18-32(3,4)37-30(20)28(35)16-22)25-11-7-5-9-23(25)24-10-6-8-12-26(24)33/h5-16,34-35H,17-18H2,1-4H3. The van der Waals surface area contributed by atoms with Crippen LogP contribution in [0.1, 0.15) is 61.1 Å². The van der Waals surface area contributed by atoms with Crippen LogP contribution in [0.3, 0.4) is 0 Å². The lowest BCUT2D eigenvalue weighted by Crippen LogP contribution is -2.29. The molecule has 0 unspecified atom stereocenters. The van der Waals surface area contributed by atoms with Gasteiger partial charge in [0.1, 0.15) is 11.2 Å². The van der Waals surface area contributed by atoms with Gasteiger partial charge in [0.2, 0.25) is 0 Å². The summed E-state index contributed by atoms with van der Waals surface area (Å²) in [6, 6.07) is 25.0. The summed E-state index contributed by atoms with van der Waals surface area (Å²) in [7, 11) is 0. The van der Waals surface area contributed by atoms with Crippen molar-refractivity contribution in [2.75, 3.05) is 0 Å². The smallest absolute Gasteiger partial charge is 0.165 e. The van der Waals surface area contributed by atoms with Crippen LogP contribution in [-0.2, 0) is 18.3 Å². The van der Waals surface area contributed by atoms with Crippen LogP contribution in [0.25, 0.3) is 11.1 Å². The maximum absolute atomic E-state index is 11.2. The van der Waals surface area contributed by atoms with Gasteiger partial charge in [-0.15, -0.1) is 0 Å². The van der Waals surface area contributed by atoms with Gasteiger partial charge in [0.15, 0.2) is 23.0 Å². The van der Waals surface area contributed by atoms with Gasteiger partial charge in [-0.2, -0.15) is 0 Å². The summed E-state index contributed by atoms with van der Waals surface area (Å²) in [4.78, 5) is 0. The van der Waals surface area contributed by atoms with Crippen LogP contribution >= 0.6 is 0 Å². The fraction of sp³-hybridized carbons (Fsp3) is 0.273. The summed E-state index contributed by atoms with van der Waals surface area (Å²) in [6.07, 6.45) is 1.42. The van der Waals surface area contributed by atoms with E-state index in [-0.39, 0.29) is 22.7 Å². The van der Waals surface area contributed by atoms with Crippen LogP contribution in [0.5, 0.6) is 23.0 Å². The van der Waals surface area contributed by atoms with E-state index < -0.39 is 5.41 Å². The third-order valence-electron chi connectivity index (χ3n) is 8.10. The second-order valence-electron chi connectivity index (χ2n) is 11.9. The molecular weight excluding hydrogens is 460 g/mol. The van der Waals surface area contributed by atoms with Gasteiger partial charge in [0.05, 0.1) is 5.41 Å². The van der Waals surface area contributed by atoms with E-state index in [9.17, 15) is 10.2 Å². The third kappa shape index (κ3) is 3.02. The molecule has 0 spiro atoms. The Balaban J connectivity index is 1.59. The second kappa shape index (κ2) is 7.10. The van der Waals surface area contributed by atoms with E-state index in [1.165, 1.54) is 0 Å². The van der Waals surface area contributed by atoms with Gasteiger partial charge < -0.3 is 19.7 Å². The molecule has 186 valence electrons. The molecule has 37 heavy (non-hydrogen) atoms. The van der Waals surface area contributed by atoms with E-state index in [1.54, 1.807) is 0 Å². The molecule has 4 heteroatoms. The van der Waals surface area contributed by atoms with E-state index in [0.717, 1.165) is 44.5 Å². The number of fused-ring (bicyclic) bond motifs is 5. The molecule has 2 aliphatic heterocycles. The predicted octanol–water partition coefficient (Wildman–Crippen LogP) is 6.89. The summed E-state index contributed by atoms with van der Waals surface area (Å²) in [5.74, 6) is 1.43. The van der Waals surface area contributed by atoms with E-state index in [1.807, 2.05) is 39.8 Å². The van der Waals surface area contributed by atoms with Crippen LogP contribution in [0.4, 0.5) is 0 Å². The average Bonchev–Trinajstić information content (AvgIpc) is 3.45. The van der Waals surface area contributed by atoms with E-state index in [2.05, 4.69) is 60.7 Å². The molecule has 0 bridgehead atoms. The normalized spacial score (nSPS) is 18.8. The van der Waals surface area contributed by atoms with Gasteiger partial charge in [-0.3, -0.25) is 0 Å². The van der Waals surface area contributed by atoms with Crippen LogP contribution in [0, 0.1) is 0 Å². The fourth-order valence-electron chi connectivity index (χ4n) is 6.84. The fourth-order valence-corrected chi connectivity index (χ4v) is 6.84. The lowest BCUT2D eigenvalue weighted by atomic mass is 9.67. The molecule has 4 nitrogen and oxygen atoms in total. The first-order chi connectivity index (χ1) is 17.6. The monoisotopic (exact) mass is 490 g/mol. The molecule has 0 atom stereocenters. The molecule has 2 N–H and O–H groups in total. The Labute approximate surface area is 217 Å². The quantitative estimate of drug-likeness (QED) is 0.283. The van der Waals surface area contributed by atoms with Crippen molar-refractivity contribution in [2.24, 2.45) is 0 Å². The van der Waals surface area contributed by atoms with Crippen LogP contribution in [0.2, 0.25) is 0 Å². The lowest BCUT2D eigenvalue weighted by Gasteiger charge is -2.34. The first-order valence-corrected chi connectivity index (χ1v) is 12.9. The average molecular weight is 491 g/mol. The Morgan fingerprint density at radius 3 is 1.43 bits per heavy atom. The zero-order valence-corrected chi connectivity index (χ0v) is 21.6. The first-order valence-electron chi connectivity index (χ1n) is 12.9. The summed E-state index contributed by atoms with van der Waals surface area (Å²) in [5.41, 5.74) is 6.99. The Kier molecular flexibility index (Phi) is 4.28. The highest BCUT2D eigenvalue weighted by Crippen LogP contribution is 2.59. The van der Waals surface area contributed by atoms with Crippen molar-refractivity contribution < 1.29 is 19.7 Å².